The van der Waals surface area contributed by atoms with Gasteiger partial charge in [0.15, 0.2) is 11.5 Å². The molecule has 0 aromatic heterocycles. The summed E-state index contributed by atoms with van der Waals surface area (Å²) >= 11 is 6.26. The van der Waals surface area contributed by atoms with E-state index >= 15 is 0 Å². The van der Waals surface area contributed by atoms with Crippen molar-refractivity contribution in [2.24, 2.45) is 0 Å². The second kappa shape index (κ2) is 10.8. The van der Waals surface area contributed by atoms with Crippen molar-refractivity contribution >= 4 is 24.0 Å². The fraction of sp³-hybridized carbons (Fsp3) is 0.556. The Hall–Kier alpha value is -0.900. The summed E-state index contributed by atoms with van der Waals surface area (Å²) in [5, 5.41) is 4.08. The summed E-state index contributed by atoms with van der Waals surface area (Å²) in [6, 6.07) is 3.94. The predicted molar refractivity (Wildman–Crippen MR) is 99.3 cm³/mol. The molecule has 1 aromatic rings. The van der Waals surface area contributed by atoms with Crippen LogP contribution in [0.4, 0.5) is 0 Å². The van der Waals surface area contributed by atoms with Gasteiger partial charge in [-0.15, -0.1) is 12.4 Å². The van der Waals surface area contributed by atoms with Gasteiger partial charge >= 0.3 is 0 Å². The summed E-state index contributed by atoms with van der Waals surface area (Å²) in [5.41, 5.74) is 2.72. The average molecular weight is 360 g/mol. The molecule has 23 heavy (non-hydrogen) atoms. The number of ether oxygens (including phenoxy) is 2. The van der Waals surface area contributed by atoms with Gasteiger partial charge in [-0.2, -0.15) is 0 Å². The number of methoxy groups -OCH3 is 1. The fourth-order valence-corrected chi connectivity index (χ4v) is 3.11. The average Bonchev–Trinajstić information content (AvgIpc) is 2.53. The zero-order valence-corrected chi connectivity index (χ0v) is 15.6. The van der Waals surface area contributed by atoms with Crippen LogP contribution in [0.2, 0.25) is 5.02 Å². The first-order valence-electron chi connectivity index (χ1n) is 8.12. The van der Waals surface area contributed by atoms with Crippen molar-refractivity contribution in [3.05, 3.63) is 34.4 Å². The van der Waals surface area contributed by atoms with E-state index in [1.165, 1.54) is 25.7 Å². The zero-order chi connectivity index (χ0) is 15.8. The lowest BCUT2D eigenvalue weighted by atomic mass is 9.97. The molecule has 0 aliphatic heterocycles. The molecule has 0 fully saturated rings. The minimum atomic E-state index is 0. The Morgan fingerprint density at radius 1 is 1.26 bits per heavy atom. The first-order chi connectivity index (χ1) is 10.7. The quantitative estimate of drug-likeness (QED) is 0.514. The number of hydrogen-bond acceptors (Lipinski definition) is 3. The highest BCUT2D eigenvalue weighted by Crippen LogP contribution is 2.36. The van der Waals surface area contributed by atoms with Gasteiger partial charge in [-0.1, -0.05) is 23.3 Å². The smallest absolute Gasteiger partial charge is 0.179 e. The Kier molecular flexibility index (Phi) is 9.46. The van der Waals surface area contributed by atoms with Crippen LogP contribution in [0.5, 0.6) is 11.5 Å². The van der Waals surface area contributed by atoms with Gasteiger partial charge < -0.3 is 14.8 Å². The van der Waals surface area contributed by atoms with Crippen molar-refractivity contribution in [2.45, 2.75) is 45.6 Å². The molecule has 1 aliphatic rings. The van der Waals surface area contributed by atoms with Gasteiger partial charge in [0.2, 0.25) is 0 Å². The second-order valence-corrected chi connectivity index (χ2v) is 5.98. The van der Waals surface area contributed by atoms with Crippen LogP contribution in [0.1, 0.15) is 44.6 Å². The van der Waals surface area contributed by atoms with Crippen LogP contribution < -0.4 is 14.8 Å². The van der Waals surface area contributed by atoms with Crippen molar-refractivity contribution in [2.75, 3.05) is 20.3 Å². The van der Waals surface area contributed by atoms with E-state index in [1.54, 1.807) is 12.7 Å². The van der Waals surface area contributed by atoms with Crippen molar-refractivity contribution in [1.29, 1.82) is 0 Å². The summed E-state index contributed by atoms with van der Waals surface area (Å²) in [6.45, 7) is 4.34. The summed E-state index contributed by atoms with van der Waals surface area (Å²) in [4.78, 5) is 0. The molecule has 0 saturated heterocycles. The van der Waals surface area contributed by atoms with Gasteiger partial charge in [0.25, 0.3) is 0 Å². The number of hydrogen-bond donors (Lipinski definition) is 1. The highest BCUT2D eigenvalue weighted by Gasteiger charge is 2.11. The van der Waals surface area contributed by atoms with Crippen molar-refractivity contribution in [3.8, 4) is 11.5 Å². The third kappa shape index (κ3) is 6.25. The Labute approximate surface area is 150 Å². The van der Waals surface area contributed by atoms with Crippen LogP contribution in [0.25, 0.3) is 0 Å². The number of nitrogens with one attached hydrogen (secondary N) is 1. The molecule has 130 valence electrons. The Morgan fingerprint density at radius 3 is 2.74 bits per heavy atom. The lowest BCUT2D eigenvalue weighted by molar-refractivity contribution is 0.310. The largest absolute Gasteiger partial charge is 0.491 e. The molecule has 0 unspecified atom stereocenters. The van der Waals surface area contributed by atoms with E-state index < -0.39 is 0 Å². The van der Waals surface area contributed by atoms with Gasteiger partial charge in [-0.3, -0.25) is 0 Å². The Morgan fingerprint density at radius 2 is 2.09 bits per heavy atom. The van der Waals surface area contributed by atoms with Crippen molar-refractivity contribution in [1.82, 2.24) is 5.32 Å². The van der Waals surface area contributed by atoms with Gasteiger partial charge in [0, 0.05) is 6.54 Å². The maximum absolute atomic E-state index is 6.26. The van der Waals surface area contributed by atoms with E-state index in [0.717, 1.165) is 25.1 Å². The molecule has 2 rings (SSSR count). The number of allylic oxidation sites excluding steroid dienone is 1. The van der Waals surface area contributed by atoms with Gasteiger partial charge in [-0.25, -0.2) is 0 Å². The van der Waals surface area contributed by atoms with Gasteiger partial charge in [0.1, 0.15) is 0 Å². The Bertz CT molecular complexity index is 518. The molecule has 1 N–H and O–H groups in total. The monoisotopic (exact) mass is 359 g/mol. The van der Waals surface area contributed by atoms with Gasteiger partial charge in [-0.05, 0) is 63.3 Å². The summed E-state index contributed by atoms with van der Waals surface area (Å²) in [5.74, 6) is 1.32. The van der Waals surface area contributed by atoms with Crippen molar-refractivity contribution in [3.63, 3.8) is 0 Å². The van der Waals surface area contributed by atoms with E-state index in [4.69, 9.17) is 21.1 Å². The van der Waals surface area contributed by atoms with Crippen LogP contribution in [0, 0.1) is 0 Å². The minimum absolute atomic E-state index is 0. The summed E-state index contributed by atoms with van der Waals surface area (Å²) in [6.07, 6.45) is 8.76. The molecular weight excluding hydrogens is 333 g/mol. The maximum atomic E-state index is 6.26. The van der Waals surface area contributed by atoms with Crippen LogP contribution in [-0.4, -0.2) is 20.3 Å². The third-order valence-corrected chi connectivity index (χ3v) is 4.19. The molecule has 0 spiro atoms. The molecule has 0 saturated carbocycles. The van der Waals surface area contributed by atoms with Crippen LogP contribution >= 0.6 is 24.0 Å². The number of benzene rings is 1. The minimum Gasteiger partial charge on any atom is -0.491 e. The summed E-state index contributed by atoms with van der Waals surface area (Å²) < 4.78 is 10.9. The first-order valence-corrected chi connectivity index (χ1v) is 8.50. The van der Waals surface area contributed by atoms with E-state index in [0.29, 0.717) is 23.1 Å². The fourth-order valence-electron chi connectivity index (χ4n) is 2.80. The normalized spacial score (nSPS) is 14.0. The standard InChI is InChI=1S/C18H26ClNO2.ClH/c1-3-22-17-12-15(11-16(19)18(17)21-2)13-20-10-9-14-7-5-4-6-8-14;/h7,11-12,20H,3-6,8-10,13H2,1-2H3;1H. The van der Waals surface area contributed by atoms with E-state index in [9.17, 15) is 0 Å². The van der Waals surface area contributed by atoms with Crippen molar-refractivity contribution < 1.29 is 9.47 Å². The van der Waals surface area contributed by atoms with Crippen LogP contribution in [0.3, 0.4) is 0 Å². The summed E-state index contributed by atoms with van der Waals surface area (Å²) in [7, 11) is 1.61. The molecule has 1 aromatic carbocycles. The number of halogens is 2. The zero-order valence-electron chi connectivity index (χ0n) is 14.0. The van der Waals surface area contributed by atoms with E-state index in [-0.39, 0.29) is 12.4 Å². The number of rotatable bonds is 8. The van der Waals surface area contributed by atoms with E-state index in [1.807, 2.05) is 19.1 Å². The first kappa shape index (κ1) is 20.1. The topological polar surface area (TPSA) is 30.5 Å². The van der Waals surface area contributed by atoms with Crippen LogP contribution in [0.15, 0.2) is 23.8 Å². The molecular formula is C18H27Cl2NO2. The lowest BCUT2D eigenvalue weighted by Crippen LogP contribution is -2.16. The molecule has 3 nitrogen and oxygen atoms in total. The molecule has 1 aliphatic carbocycles. The molecule has 0 heterocycles. The second-order valence-electron chi connectivity index (χ2n) is 5.58. The molecule has 0 atom stereocenters. The SMILES string of the molecule is CCOc1cc(CNCCC2=CCCCC2)cc(Cl)c1OC.Cl. The Balaban J connectivity index is 0.00000264. The molecule has 0 bridgehead atoms. The van der Waals surface area contributed by atoms with E-state index in [2.05, 4.69) is 11.4 Å². The van der Waals surface area contributed by atoms with Gasteiger partial charge in [0.05, 0.1) is 18.7 Å². The molecule has 5 heteroatoms. The third-order valence-electron chi connectivity index (χ3n) is 3.91. The molecule has 0 amide bonds. The van der Waals surface area contributed by atoms with Crippen LogP contribution in [-0.2, 0) is 6.54 Å². The highest BCUT2D eigenvalue weighted by atomic mass is 35.5. The maximum Gasteiger partial charge on any atom is 0.179 e. The lowest BCUT2D eigenvalue weighted by Gasteiger charge is -2.15. The molecule has 0 radical (unpaired) electrons. The predicted octanol–water partition coefficient (Wildman–Crippen LogP) is 5.15. The highest BCUT2D eigenvalue weighted by molar-refractivity contribution is 6.32.